The number of hydrogen-bond acceptors (Lipinski definition) is 7. The molecule has 0 radical (unpaired) electrons. The summed E-state index contributed by atoms with van der Waals surface area (Å²) in [5, 5.41) is 0. The number of rotatable bonds is 0. The Morgan fingerprint density at radius 1 is 0.656 bits per heavy atom. The predicted octanol–water partition coefficient (Wildman–Crippen LogP) is 3.71. The Hall–Kier alpha value is -1.06. The normalized spacial score (nSPS) is 13.2. The Labute approximate surface area is 200 Å². The Morgan fingerprint density at radius 2 is 0.875 bits per heavy atom. The van der Waals surface area contributed by atoms with Crippen LogP contribution in [0.3, 0.4) is 0 Å². The minimum atomic E-state index is -6.09. The molecule has 0 bridgehead atoms. The summed E-state index contributed by atoms with van der Waals surface area (Å²) >= 11 is 0. The first-order valence-corrected chi connectivity index (χ1v) is 10.8. The Morgan fingerprint density at radius 3 is 0.938 bits per heavy atom. The molecule has 1 aliphatic rings. The summed E-state index contributed by atoms with van der Waals surface area (Å²) in [6.07, 6.45) is 2.56. The molecule has 2 aromatic carbocycles. The molecule has 1 fully saturated rings. The van der Waals surface area contributed by atoms with Gasteiger partial charge in [-0.15, -0.1) is 0 Å². The molecule has 0 spiro atoms. The van der Waals surface area contributed by atoms with Gasteiger partial charge in [0.05, 0.1) is 0 Å². The average molecular weight is 592 g/mol. The van der Waals surface area contributed by atoms with Crippen molar-refractivity contribution in [1.82, 2.24) is 0 Å². The first-order valence-electron chi connectivity index (χ1n) is 7.95. The summed E-state index contributed by atoms with van der Waals surface area (Å²) < 4.78 is 123. The van der Waals surface area contributed by atoms with E-state index in [2.05, 4.69) is 0 Å². The summed E-state index contributed by atoms with van der Waals surface area (Å²) in [5.74, 6) is 0. The molecule has 0 saturated carbocycles. The van der Waals surface area contributed by atoms with E-state index >= 15 is 0 Å². The summed E-state index contributed by atoms with van der Waals surface area (Å²) in [7, 11) is -12.2. The Balaban J connectivity index is -0.000000330. The van der Waals surface area contributed by atoms with E-state index in [0.717, 1.165) is 13.2 Å². The zero-order valence-electron chi connectivity index (χ0n) is 16.0. The van der Waals surface area contributed by atoms with Crippen molar-refractivity contribution in [2.45, 2.75) is 23.9 Å². The van der Waals surface area contributed by atoms with Crippen molar-refractivity contribution in [3.63, 3.8) is 0 Å². The van der Waals surface area contributed by atoms with Crippen LogP contribution in [-0.2, 0) is 51.2 Å². The first kappa shape index (κ1) is 35.5. The maximum Gasteiger partial charge on any atom is 4.00 e. The third-order valence-electron chi connectivity index (χ3n) is 2.51. The molecule has 0 unspecified atom stereocenters. The number of ether oxygens (including phenoxy) is 1. The monoisotopic (exact) mass is 590 g/mol. The molecule has 0 N–H and O–H groups in total. The van der Waals surface area contributed by atoms with Gasteiger partial charge >= 0.3 is 37.2 Å². The van der Waals surface area contributed by atoms with E-state index in [-0.39, 0.29) is 26.2 Å². The molecule has 32 heavy (non-hydrogen) atoms. The standard InChI is InChI=1S/2C5H5.C4H8O.2CHF3O3S.Zr/c3*1-2-4-5-3-1;2*2-1(3,4)8(5,6)7;/h2*1-5H;1-4H2;2*(H,5,6,7);/q2*-1;;;;+4/p-2. The third-order valence-corrected chi connectivity index (χ3v) is 3.64. The van der Waals surface area contributed by atoms with Crippen molar-refractivity contribution in [2.24, 2.45) is 0 Å². The molecular weight excluding hydrogens is 574 g/mol. The molecule has 0 atom stereocenters. The van der Waals surface area contributed by atoms with E-state index in [4.69, 9.17) is 30.7 Å². The molecule has 1 saturated heterocycles. The second-order valence-electron chi connectivity index (χ2n) is 5.04. The molecule has 0 aliphatic carbocycles. The summed E-state index contributed by atoms with van der Waals surface area (Å²) in [6.45, 7) is 2.00. The minimum Gasteiger partial charge on any atom is -0.741 e. The summed E-state index contributed by atoms with van der Waals surface area (Å²) in [4.78, 5) is 0. The largest absolute Gasteiger partial charge is 4.00 e. The van der Waals surface area contributed by atoms with Crippen LogP contribution in [0.1, 0.15) is 12.8 Å². The fourth-order valence-corrected chi connectivity index (χ4v) is 1.15. The van der Waals surface area contributed by atoms with Gasteiger partial charge in [-0.25, -0.2) is 41.1 Å². The van der Waals surface area contributed by atoms with E-state index in [0.29, 0.717) is 0 Å². The Bertz CT molecular complexity index is 734. The van der Waals surface area contributed by atoms with E-state index in [9.17, 15) is 26.3 Å². The molecule has 182 valence electrons. The van der Waals surface area contributed by atoms with Crippen LogP contribution >= 0.6 is 0 Å². The average Bonchev–Trinajstić information content (AvgIpc) is 3.40. The second kappa shape index (κ2) is 17.4. The SMILES string of the molecule is C1CCOC1.O=S(=O)([O-])C(F)(F)F.O=S(=O)([O-])C(F)(F)F.[Zr+4].c1cc[cH-]c1.c1cc[cH-]c1. The van der Waals surface area contributed by atoms with E-state index in [1.165, 1.54) is 12.8 Å². The van der Waals surface area contributed by atoms with Crippen LogP contribution in [0, 0.1) is 0 Å². The maximum atomic E-state index is 10.7. The minimum absolute atomic E-state index is 0. The van der Waals surface area contributed by atoms with Crippen LogP contribution in [0.25, 0.3) is 0 Å². The fraction of sp³-hybridized carbons (Fsp3) is 0.375. The summed E-state index contributed by atoms with van der Waals surface area (Å²) in [5.41, 5.74) is -11.3. The van der Waals surface area contributed by atoms with Crippen molar-refractivity contribution in [1.29, 1.82) is 0 Å². The van der Waals surface area contributed by atoms with E-state index in [1.54, 1.807) is 0 Å². The first-order chi connectivity index (χ1) is 14.0. The smallest absolute Gasteiger partial charge is 0.741 e. The topological polar surface area (TPSA) is 124 Å². The molecule has 2 aromatic rings. The molecule has 1 heterocycles. The molecule has 0 amide bonds. The van der Waals surface area contributed by atoms with Crippen molar-refractivity contribution in [3.8, 4) is 0 Å². The second-order valence-corrected chi connectivity index (χ2v) is 7.79. The van der Waals surface area contributed by atoms with Gasteiger partial charge < -0.3 is 13.8 Å². The van der Waals surface area contributed by atoms with E-state index < -0.39 is 31.3 Å². The van der Waals surface area contributed by atoms with Gasteiger partial charge in [-0.1, -0.05) is 0 Å². The van der Waals surface area contributed by atoms with Gasteiger partial charge in [0.25, 0.3) is 0 Å². The number of alkyl halides is 6. The van der Waals surface area contributed by atoms with Gasteiger partial charge in [0.15, 0.2) is 20.2 Å². The van der Waals surface area contributed by atoms with Gasteiger partial charge in [0.1, 0.15) is 0 Å². The van der Waals surface area contributed by atoms with Crippen LogP contribution < -0.4 is 0 Å². The van der Waals surface area contributed by atoms with Crippen LogP contribution in [0.4, 0.5) is 26.3 Å². The fourth-order valence-electron chi connectivity index (χ4n) is 1.15. The maximum absolute atomic E-state index is 10.7. The van der Waals surface area contributed by atoms with Crippen LogP contribution in [0.15, 0.2) is 60.7 Å². The van der Waals surface area contributed by atoms with Crippen molar-refractivity contribution in [2.75, 3.05) is 13.2 Å². The number of hydrogen-bond donors (Lipinski definition) is 0. The van der Waals surface area contributed by atoms with Gasteiger partial charge in [0.2, 0.25) is 0 Å². The zero-order valence-corrected chi connectivity index (χ0v) is 20.1. The molecule has 1 aliphatic heterocycles. The van der Waals surface area contributed by atoms with Crippen molar-refractivity contribution < 1.29 is 83.2 Å². The van der Waals surface area contributed by atoms with Crippen LogP contribution in [-0.4, -0.2) is 50.2 Å². The van der Waals surface area contributed by atoms with Crippen LogP contribution in [0.5, 0.6) is 0 Å². The van der Waals surface area contributed by atoms with E-state index in [1.807, 2.05) is 60.7 Å². The van der Waals surface area contributed by atoms with Gasteiger partial charge in [-0.2, -0.15) is 62.7 Å². The van der Waals surface area contributed by atoms with Crippen LogP contribution in [0.2, 0.25) is 0 Å². The number of halogens is 6. The molecule has 7 nitrogen and oxygen atoms in total. The molecule has 3 rings (SSSR count). The van der Waals surface area contributed by atoms with Gasteiger partial charge in [-0.3, -0.25) is 0 Å². The summed E-state index contributed by atoms with van der Waals surface area (Å²) in [6, 6.07) is 20.0. The molecule has 16 heteroatoms. The van der Waals surface area contributed by atoms with Gasteiger partial charge in [-0.05, 0) is 12.8 Å². The van der Waals surface area contributed by atoms with Gasteiger partial charge in [0, 0.05) is 13.2 Å². The zero-order chi connectivity index (χ0) is 24.6. The molecule has 0 aromatic heterocycles. The Kier molecular flexibility index (Phi) is 19.3. The predicted molar refractivity (Wildman–Crippen MR) is 95.6 cm³/mol. The third kappa shape index (κ3) is 22.1. The quantitative estimate of drug-likeness (QED) is 0.198. The van der Waals surface area contributed by atoms with Crippen molar-refractivity contribution in [3.05, 3.63) is 60.7 Å². The molecular formula is C16H18F6O7S2Zr. The van der Waals surface area contributed by atoms with Crippen molar-refractivity contribution >= 4 is 20.2 Å².